The molecular formula is CH7AuBiI3N2. The van der Waals surface area contributed by atoms with Crippen molar-refractivity contribution in [2.45, 2.75) is 0 Å². The summed E-state index contributed by atoms with van der Waals surface area (Å²) in [5.74, 6) is 0. The molecule has 0 aromatic rings. The van der Waals surface area contributed by atoms with Crippen molar-refractivity contribution in [3.63, 3.8) is 0 Å². The van der Waals surface area contributed by atoms with Gasteiger partial charge in [0.1, 0.15) is 0 Å². The van der Waals surface area contributed by atoms with Gasteiger partial charge in [0.25, 0.3) is 0 Å². The molecule has 0 rings (SSSR count). The van der Waals surface area contributed by atoms with Gasteiger partial charge in [-0.05, 0) is 0 Å². The monoisotopic (exact) mass is 834 g/mol. The molecule has 0 heterocycles. The van der Waals surface area contributed by atoms with Crippen molar-refractivity contribution in [1.29, 1.82) is 5.41 Å². The minimum atomic E-state index is -0.294. The summed E-state index contributed by atoms with van der Waals surface area (Å²) in [6.07, 6.45) is 0.750. The number of hydrogen-bond donors (Lipinski definition) is 2. The molecule has 0 radical (unpaired) electrons. The molecule has 0 amide bonds. The fourth-order valence-electron chi connectivity index (χ4n) is 0. The molecule has 0 aromatic heterocycles. The number of nitrogens with two attached hydrogens (primary N) is 1. The fraction of sp³-hybridized carbons (Fsp3) is 0. The molecular weight excluding hydrogens is 827 g/mol. The van der Waals surface area contributed by atoms with Crippen LogP contribution in [0, 0.1) is 5.41 Å². The van der Waals surface area contributed by atoms with Crippen molar-refractivity contribution < 1.29 is 6.99 Å². The van der Waals surface area contributed by atoms with Crippen molar-refractivity contribution in [2.24, 2.45) is 5.73 Å². The standard InChI is InChI=1S/CH4N2.Au.Bi.3HI.3H/c2-1-3;;;;;;;;/h1H,(H3,2,3);;;3*1H;;;/q;+3;;;;;;;/p-3. The Morgan fingerprint density at radius 3 is 1.38 bits per heavy atom. The second-order valence-electron chi connectivity index (χ2n) is 0.296. The van der Waals surface area contributed by atoms with E-state index in [1.54, 1.807) is 0 Å². The number of hydrogen-bond acceptors (Lipinski definition) is 1. The molecule has 0 aromatic carbocycles. The van der Waals surface area contributed by atoms with Gasteiger partial charge >= 0.3 is 90.3 Å². The van der Waals surface area contributed by atoms with Gasteiger partial charge in [-0.2, -0.15) is 0 Å². The summed E-state index contributed by atoms with van der Waals surface area (Å²) in [7, 11) is 0. The first-order valence-corrected chi connectivity index (χ1v) is 19.4. The van der Waals surface area contributed by atoms with Crippen molar-refractivity contribution in [3.05, 3.63) is 0 Å². The number of nitrogens with one attached hydrogen (secondary N) is 1. The average molecular weight is 834 g/mol. The van der Waals surface area contributed by atoms with Crippen molar-refractivity contribution in [1.82, 2.24) is 0 Å². The van der Waals surface area contributed by atoms with E-state index in [-0.39, 0.29) is 33.2 Å². The van der Waals surface area contributed by atoms with E-state index in [0.717, 1.165) is 6.34 Å². The summed E-state index contributed by atoms with van der Waals surface area (Å²) < 4.78 is 0. The van der Waals surface area contributed by atoms with Crippen molar-refractivity contribution in [2.75, 3.05) is 0 Å². The van der Waals surface area contributed by atoms with E-state index in [2.05, 4.69) is 62.8 Å². The van der Waals surface area contributed by atoms with E-state index in [1.807, 2.05) is 0 Å². The Hall–Kier alpha value is 3.28. The second kappa shape index (κ2) is 16.7. The molecule has 0 bridgehead atoms. The Balaban J connectivity index is -0.0000000575. The van der Waals surface area contributed by atoms with Crippen LogP contribution in [0.5, 0.6) is 0 Å². The third kappa shape index (κ3) is 59.1. The Labute approximate surface area is 105 Å². The van der Waals surface area contributed by atoms with Gasteiger partial charge in [-0.3, -0.25) is 5.41 Å². The van der Waals surface area contributed by atoms with Gasteiger partial charge in [-0.1, -0.05) is 0 Å². The summed E-state index contributed by atoms with van der Waals surface area (Å²) in [4.78, 5) is 0. The molecule has 0 aliphatic carbocycles. The molecule has 0 aliphatic rings. The zero-order valence-electron chi connectivity index (χ0n) is 3.80. The molecule has 8 heavy (non-hydrogen) atoms. The molecule has 0 spiro atoms. The molecule has 0 saturated carbocycles. The molecule has 0 saturated heterocycles. The van der Waals surface area contributed by atoms with Gasteiger partial charge in [0.15, 0.2) is 0 Å². The molecule has 0 aliphatic heterocycles. The molecule has 0 atom stereocenters. The van der Waals surface area contributed by atoms with Gasteiger partial charge in [-0.25, -0.2) is 0 Å². The first-order valence-electron chi connectivity index (χ1n) is 0.964. The summed E-state index contributed by atoms with van der Waals surface area (Å²) >= 11 is 7.39. The van der Waals surface area contributed by atoms with Crippen LogP contribution in [0.1, 0.15) is 0 Å². The third-order valence-electron chi connectivity index (χ3n) is 0. The van der Waals surface area contributed by atoms with Crippen LogP contribution in [-0.2, 0) is 6.99 Å². The maximum absolute atomic E-state index is 5.86. The van der Waals surface area contributed by atoms with E-state index >= 15 is 0 Å². The molecule has 2 nitrogen and oxygen atoms in total. The van der Waals surface area contributed by atoms with E-state index in [9.17, 15) is 0 Å². The molecule has 0 fully saturated rings. The van der Waals surface area contributed by atoms with E-state index in [0.29, 0.717) is 0 Å². The van der Waals surface area contributed by atoms with E-state index in [1.165, 1.54) is 0 Å². The summed E-state index contributed by atoms with van der Waals surface area (Å²) in [5.41, 5.74) is 4.39. The predicted octanol–water partition coefficient (Wildman–Crippen LogP) is 1.02. The first-order chi connectivity index (χ1) is 3.15. The van der Waals surface area contributed by atoms with E-state index in [4.69, 9.17) is 5.41 Å². The zero-order valence-corrected chi connectivity index (χ0v) is 17.9. The van der Waals surface area contributed by atoms with Gasteiger partial charge < -0.3 is 5.73 Å². The molecule has 58 valence electrons. The summed E-state index contributed by atoms with van der Waals surface area (Å²) in [5, 5.41) is 5.86. The Bertz CT molecular complexity index is 41.5. The topological polar surface area (TPSA) is 49.9 Å². The van der Waals surface area contributed by atoms with Crippen LogP contribution in [0.4, 0.5) is 0 Å². The van der Waals surface area contributed by atoms with Gasteiger partial charge in [-0.15, -0.1) is 0 Å². The van der Waals surface area contributed by atoms with Crippen LogP contribution in [0.15, 0.2) is 0 Å². The Morgan fingerprint density at radius 2 is 1.38 bits per heavy atom. The molecule has 0 unspecified atom stereocenters. The van der Waals surface area contributed by atoms with Crippen molar-refractivity contribution in [3.8, 4) is 0 Å². The molecule has 3 N–H and O–H groups in total. The average Bonchev–Trinajstić information content (AvgIpc) is 1.33. The third-order valence-corrected chi connectivity index (χ3v) is 0. The maximum atomic E-state index is 5.86. The SMILES string of the molecule is N=CN.[BiH3].[I][Au]([I])[I]. The summed E-state index contributed by atoms with van der Waals surface area (Å²) in [6.45, 7) is -0.294. The minimum absolute atomic E-state index is 0. The van der Waals surface area contributed by atoms with E-state index < -0.39 is 0 Å². The second-order valence-corrected chi connectivity index (χ2v) is 47.8. The predicted molar refractivity (Wildman–Crippen MR) is 65.0 cm³/mol. The van der Waals surface area contributed by atoms with Gasteiger partial charge in [0, 0.05) is 0 Å². The number of halogens is 3. The van der Waals surface area contributed by atoms with Gasteiger partial charge in [0.2, 0.25) is 0 Å². The van der Waals surface area contributed by atoms with Crippen LogP contribution in [-0.4, -0.2) is 32.5 Å². The van der Waals surface area contributed by atoms with Gasteiger partial charge in [0.05, 0.1) is 6.34 Å². The Kier molecular flexibility index (Phi) is 36.3. The quantitative estimate of drug-likeness (QED) is 0.163. The number of rotatable bonds is 0. The fourth-order valence-corrected chi connectivity index (χ4v) is 0. The first kappa shape index (κ1) is 17.4. The zero-order chi connectivity index (χ0) is 6.28. The van der Waals surface area contributed by atoms with Crippen LogP contribution >= 0.6 is 57.1 Å². The van der Waals surface area contributed by atoms with Crippen molar-refractivity contribution >= 4 is 89.6 Å². The normalized spacial score (nSPS) is 7.12. The van der Waals surface area contributed by atoms with Crippen LogP contribution in [0.25, 0.3) is 0 Å². The van der Waals surface area contributed by atoms with Crippen LogP contribution in [0.3, 0.4) is 0 Å². The Morgan fingerprint density at radius 1 is 1.38 bits per heavy atom. The molecule has 7 heteroatoms. The summed E-state index contributed by atoms with van der Waals surface area (Å²) in [6, 6.07) is 0. The van der Waals surface area contributed by atoms with Crippen LogP contribution < -0.4 is 5.73 Å². The van der Waals surface area contributed by atoms with Crippen LogP contribution in [0.2, 0.25) is 0 Å².